The monoisotopic (exact) mass is 1070 g/mol. The fourth-order valence-electron chi connectivity index (χ4n) is 9.94. The molecule has 0 bridgehead atoms. The van der Waals surface area contributed by atoms with Gasteiger partial charge in [-0.3, -0.25) is 4.90 Å². The van der Waals surface area contributed by atoms with Gasteiger partial charge in [-0.1, -0.05) is 94.4 Å². The van der Waals surface area contributed by atoms with Crippen molar-refractivity contribution in [3.8, 4) is 17.2 Å². The first-order valence-electron chi connectivity index (χ1n) is 27.3. The number of aromatic hydroxyl groups is 2. The minimum absolute atomic E-state index is 0.0669. The van der Waals surface area contributed by atoms with E-state index in [0.29, 0.717) is 94.5 Å². The van der Waals surface area contributed by atoms with Crippen LogP contribution >= 0.6 is 0 Å². The number of rotatable bonds is 16. The molecule has 18 heteroatoms. The van der Waals surface area contributed by atoms with Gasteiger partial charge in [0.2, 0.25) is 5.79 Å². The van der Waals surface area contributed by atoms with Gasteiger partial charge in [0.1, 0.15) is 34.7 Å². The first kappa shape index (κ1) is 62.7. The standard InChI is InChI=1S/C34H51N9O3.C22H29N5O.2C2H6/c1-34(45,23-13-16-42(17-14-23)28(32(37)38)18-26(35)24-9-3-5-11-30(24)44)46-31-12-6-4-10-25(31)27(36)19-29(33(39)40)43-15-7-8-22(21-43)20-41-2;1-16-14-27(12-11-26(16)15-17-7-3-2-4-8-17)20(22(24)25)13-19(23)18-9-5-6-10-21(18)28;2*1-2/h3-6,9-12,18-19,22-23,41,44-45H,7-8,13-17,20-21,35-40H2,1-2H3;2-10,13,16,28H,11-12,14-15,23-25H2,1H3;2*1-2H3/b26-18-,27-19-;19-13-;;. The van der Waals surface area contributed by atoms with Gasteiger partial charge in [0, 0.05) is 105 Å². The van der Waals surface area contributed by atoms with Crippen molar-refractivity contribution in [2.75, 3.05) is 59.4 Å². The number of benzene rings is 4. The van der Waals surface area contributed by atoms with Crippen molar-refractivity contribution in [3.63, 3.8) is 0 Å². The summed E-state index contributed by atoms with van der Waals surface area (Å²) in [5.74, 6) is -0.0160. The van der Waals surface area contributed by atoms with E-state index in [4.69, 9.17) is 56.3 Å². The average molecular weight is 1070 g/mol. The van der Waals surface area contributed by atoms with E-state index in [0.717, 1.165) is 58.7 Å². The minimum atomic E-state index is -1.50. The lowest BCUT2D eigenvalue weighted by atomic mass is 9.88. The van der Waals surface area contributed by atoms with E-state index in [2.05, 4.69) is 51.2 Å². The Hall–Kier alpha value is -7.80. The highest BCUT2D eigenvalue weighted by Gasteiger charge is 2.38. The Morgan fingerprint density at radius 1 is 0.577 bits per heavy atom. The van der Waals surface area contributed by atoms with E-state index < -0.39 is 5.79 Å². The molecule has 0 spiro atoms. The molecule has 78 heavy (non-hydrogen) atoms. The Balaban J connectivity index is 0.000000350. The molecule has 4 aromatic rings. The number of piperazine rings is 1. The zero-order chi connectivity index (χ0) is 57.5. The number of aliphatic hydroxyl groups is 1. The Morgan fingerprint density at radius 3 is 1.51 bits per heavy atom. The van der Waals surface area contributed by atoms with Gasteiger partial charge >= 0.3 is 0 Å². The fraction of sp³-hybridized carbons (Fsp3) is 0.400. The molecule has 7 rings (SSSR count). The molecule has 0 saturated carbocycles. The second-order valence-corrected chi connectivity index (χ2v) is 19.5. The van der Waals surface area contributed by atoms with Crippen molar-refractivity contribution in [2.45, 2.75) is 85.6 Å². The highest BCUT2D eigenvalue weighted by Crippen LogP contribution is 2.36. The molecular weight excluding hydrogens is 981 g/mol. The molecule has 0 amide bonds. The molecule has 0 aromatic heterocycles. The van der Waals surface area contributed by atoms with Crippen LogP contribution in [0.2, 0.25) is 0 Å². The van der Waals surface area contributed by atoms with Gasteiger partial charge in [0.15, 0.2) is 0 Å². The van der Waals surface area contributed by atoms with Crippen LogP contribution in [-0.2, 0) is 6.54 Å². The third-order valence-electron chi connectivity index (χ3n) is 14.0. The summed E-state index contributed by atoms with van der Waals surface area (Å²) < 4.78 is 6.30. The Morgan fingerprint density at radius 2 is 1.03 bits per heavy atom. The SMILES string of the molecule is CC.CC.CC1CN(C(/C=C(\N)c2ccccc2O)=C(N)N)CCN1Cc1ccccc1.CNCC1CCCN(C(/C=C(\N)c2ccccc2OC(C)(O)C2CCN(C(/C=C(\N)c3ccccc3O)=C(N)N)CC2)=C(N)N)C1. The normalized spacial score (nSPS) is 18.1. The summed E-state index contributed by atoms with van der Waals surface area (Å²) in [7, 11) is 1.96. The third kappa shape index (κ3) is 17.6. The summed E-state index contributed by atoms with van der Waals surface area (Å²) in [4.78, 5) is 8.82. The molecular formula is C60H92N14O4. The number of allylic oxidation sites excluding steroid dienone is 3. The summed E-state index contributed by atoms with van der Waals surface area (Å²) in [5, 5.41) is 35.1. The molecule has 3 saturated heterocycles. The number of nitrogens with two attached hydrogens (primary N) is 9. The largest absolute Gasteiger partial charge is 0.507 e. The number of para-hydroxylation sites is 3. The number of hydrogen-bond donors (Lipinski definition) is 13. The quantitative estimate of drug-likeness (QED) is 0.0477. The van der Waals surface area contributed by atoms with Gasteiger partial charge in [0.05, 0.1) is 17.1 Å². The predicted octanol–water partition coefficient (Wildman–Crippen LogP) is 5.63. The first-order valence-corrected chi connectivity index (χ1v) is 27.3. The number of phenols is 2. The molecule has 0 radical (unpaired) electrons. The smallest absolute Gasteiger partial charge is 0.208 e. The zero-order valence-electron chi connectivity index (χ0n) is 47.2. The van der Waals surface area contributed by atoms with Gasteiger partial charge in [-0.25, -0.2) is 0 Å². The molecule has 18 nitrogen and oxygen atoms in total. The van der Waals surface area contributed by atoms with Crippen LogP contribution in [-0.4, -0.2) is 106 Å². The van der Waals surface area contributed by atoms with Crippen molar-refractivity contribution in [1.29, 1.82) is 0 Å². The maximum atomic E-state index is 11.6. The number of hydrogen-bond acceptors (Lipinski definition) is 18. The highest BCUT2D eigenvalue weighted by atomic mass is 16.6. The topological polar surface area (TPSA) is 329 Å². The fourth-order valence-corrected chi connectivity index (χ4v) is 9.94. The molecule has 426 valence electrons. The van der Waals surface area contributed by atoms with E-state index in [1.807, 2.05) is 70.0 Å². The van der Waals surface area contributed by atoms with Crippen molar-refractivity contribution in [2.24, 2.45) is 63.4 Å². The molecule has 3 atom stereocenters. The molecule has 4 aromatic carbocycles. The molecule has 3 heterocycles. The number of piperidine rings is 2. The minimum Gasteiger partial charge on any atom is -0.507 e. The second kappa shape index (κ2) is 30.8. The summed E-state index contributed by atoms with van der Waals surface area (Å²) >= 11 is 0. The van der Waals surface area contributed by atoms with Crippen LogP contribution < -0.4 is 61.7 Å². The Kier molecular flexibility index (Phi) is 24.8. The molecule has 22 N–H and O–H groups in total. The lowest BCUT2D eigenvalue weighted by Crippen LogP contribution is -2.51. The second-order valence-electron chi connectivity index (χ2n) is 19.5. The van der Waals surface area contributed by atoms with Crippen molar-refractivity contribution < 1.29 is 20.1 Å². The van der Waals surface area contributed by atoms with Crippen LogP contribution in [0.4, 0.5) is 0 Å². The van der Waals surface area contributed by atoms with Crippen LogP contribution in [0.25, 0.3) is 17.1 Å². The summed E-state index contributed by atoms with van der Waals surface area (Å²) in [6, 6.07) is 31.9. The lowest BCUT2D eigenvalue weighted by molar-refractivity contribution is -0.173. The van der Waals surface area contributed by atoms with Gasteiger partial charge < -0.3 is 91.7 Å². The van der Waals surface area contributed by atoms with Crippen LogP contribution in [0.1, 0.15) is 89.5 Å². The average Bonchev–Trinajstić information content (AvgIpc) is 3.43. The van der Waals surface area contributed by atoms with Gasteiger partial charge in [0.25, 0.3) is 0 Å². The number of likely N-dealkylation sites (tertiary alicyclic amines) is 2. The van der Waals surface area contributed by atoms with Gasteiger partial charge in [-0.15, -0.1) is 0 Å². The van der Waals surface area contributed by atoms with Crippen molar-refractivity contribution >= 4 is 17.1 Å². The summed E-state index contributed by atoms with van der Waals surface area (Å²) in [6.07, 6.45) is 8.59. The maximum absolute atomic E-state index is 11.6. The predicted molar refractivity (Wildman–Crippen MR) is 320 cm³/mol. The number of ether oxygens (including phenoxy) is 1. The summed E-state index contributed by atoms with van der Waals surface area (Å²) in [6.45, 7) is 19.0. The van der Waals surface area contributed by atoms with E-state index >= 15 is 0 Å². The Bertz CT molecular complexity index is 2680. The molecule has 3 unspecified atom stereocenters. The van der Waals surface area contributed by atoms with Crippen molar-refractivity contribution in [1.82, 2.24) is 24.9 Å². The number of nitrogens with zero attached hydrogens (tertiary/aromatic N) is 4. The summed E-state index contributed by atoms with van der Waals surface area (Å²) in [5.41, 5.74) is 61.7. The van der Waals surface area contributed by atoms with E-state index in [-0.39, 0.29) is 34.9 Å². The Labute approximate surface area is 464 Å². The molecule has 3 aliphatic rings. The van der Waals surface area contributed by atoms with E-state index in [9.17, 15) is 15.3 Å². The van der Waals surface area contributed by atoms with E-state index in [1.54, 1.807) is 73.7 Å². The number of phenolic OH excluding ortho intramolecular Hbond substituents is 2. The molecule has 0 aliphatic carbocycles. The van der Waals surface area contributed by atoms with Crippen LogP contribution in [0.3, 0.4) is 0 Å². The van der Waals surface area contributed by atoms with Crippen LogP contribution in [0.15, 0.2) is 156 Å². The number of nitrogens with one attached hydrogen (secondary N) is 1. The maximum Gasteiger partial charge on any atom is 0.208 e. The van der Waals surface area contributed by atoms with Crippen LogP contribution in [0, 0.1) is 11.8 Å². The van der Waals surface area contributed by atoms with E-state index in [1.165, 1.54) is 5.56 Å². The first-order chi connectivity index (χ1) is 37.4. The lowest BCUT2D eigenvalue weighted by Gasteiger charge is -2.41. The van der Waals surface area contributed by atoms with Gasteiger partial charge in [-0.2, -0.15) is 0 Å². The zero-order valence-corrected chi connectivity index (χ0v) is 47.2. The van der Waals surface area contributed by atoms with Crippen LogP contribution in [0.5, 0.6) is 17.2 Å². The molecule has 3 aliphatic heterocycles. The third-order valence-corrected chi connectivity index (χ3v) is 14.0. The molecule has 3 fully saturated rings. The van der Waals surface area contributed by atoms with Gasteiger partial charge in [-0.05, 0) is 112 Å². The highest BCUT2D eigenvalue weighted by molar-refractivity contribution is 5.72. The van der Waals surface area contributed by atoms with Crippen molar-refractivity contribution in [3.05, 3.63) is 178 Å².